The van der Waals surface area contributed by atoms with Gasteiger partial charge in [-0.15, -0.1) is 11.3 Å². The third-order valence-corrected chi connectivity index (χ3v) is 7.66. The number of thiophene rings is 1. The molecule has 1 aliphatic heterocycles. The van der Waals surface area contributed by atoms with Crippen molar-refractivity contribution in [1.82, 2.24) is 19.9 Å². The van der Waals surface area contributed by atoms with E-state index in [0.717, 1.165) is 47.1 Å². The van der Waals surface area contributed by atoms with Crippen molar-refractivity contribution < 1.29 is 9.13 Å². The van der Waals surface area contributed by atoms with Gasteiger partial charge in [-0.05, 0) is 48.6 Å². The number of fused-ring (bicyclic) bond motifs is 1. The summed E-state index contributed by atoms with van der Waals surface area (Å²) in [5, 5.41) is 4.22. The lowest BCUT2D eigenvalue weighted by molar-refractivity contribution is 0.122. The standard InChI is InChI=1S/C25H25FN6OS/c26-20-15-29-25(30-22-6-5-17(14-28-22)32-9-11-33-12-10-32)31-23(20)21-13-19-18(16-3-1-2-4-16)7-8-27-24(19)34-21/h5-8,13-16H,1-4,9-12H2,(H,28,29,30,31). The number of nitrogens with zero attached hydrogens (tertiary/aromatic N) is 5. The molecular formula is C25H25FN6OS. The van der Waals surface area contributed by atoms with Crippen LogP contribution in [0.5, 0.6) is 0 Å². The lowest BCUT2D eigenvalue weighted by Gasteiger charge is -2.28. The maximum atomic E-state index is 14.8. The van der Waals surface area contributed by atoms with Gasteiger partial charge in [-0.3, -0.25) is 0 Å². The first-order chi connectivity index (χ1) is 16.7. The van der Waals surface area contributed by atoms with Crippen molar-refractivity contribution in [1.29, 1.82) is 0 Å². The van der Waals surface area contributed by atoms with E-state index in [-0.39, 0.29) is 5.69 Å². The largest absolute Gasteiger partial charge is 0.378 e. The quantitative estimate of drug-likeness (QED) is 0.406. The monoisotopic (exact) mass is 476 g/mol. The van der Waals surface area contributed by atoms with E-state index in [1.165, 1.54) is 48.8 Å². The fourth-order valence-corrected chi connectivity index (χ4v) is 5.88. The third-order valence-electron chi connectivity index (χ3n) is 6.61. The van der Waals surface area contributed by atoms with Crippen molar-refractivity contribution in [2.75, 3.05) is 36.5 Å². The number of aromatic nitrogens is 4. The van der Waals surface area contributed by atoms with Crippen molar-refractivity contribution in [2.24, 2.45) is 0 Å². The summed E-state index contributed by atoms with van der Waals surface area (Å²) < 4.78 is 20.2. The van der Waals surface area contributed by atoms with Crippen LogP contribution in [0.1, 0.15) is 37.2 Å². The Kier molecular flexibility index (Phi) is 5.80. The number of pyridine rings is 2. The SMILES string of the molecule is Fc1cnc(Nc2ccc(N3CCOCC3)cn2)nc1-c1cc2c(C3CCCC3)ccnc2s1. The van der Waals surface area contributed by atoms with Gasteiger partial charge in [-0.1, -0.05) is 12.8 Å². The normalized spacial score (nSPS) is 16.9. The predicted octanol–water partition coefficient (Wildman–Crippen LogP) is 5.53. The van der Waals surface area contributed by atoms with Crippen LogP contribution < -0.4 is 10.2 Å². The van der Waals surface area contributed by atoms with Crippen molar-refractivity contribution in [3.05, 3.63) is 54.2 Å². The summed E-state index contributed by atoms with van der Waals surface area (Å²) in [5.41, 5.74) is 2.65. The summed E-state index contributed by atoms with van der Waals surface area (Å²) in [6.07, 6.45) is 9.84. The molecule has 34 heavy (non-hydrogen) atoms. The van der Waals surface area contributed by atoms with Gasteiger partial charge in [0.15, 0.2) is 5.82 Å². The highest BCUT2D eigenvalue weighted by Crippen LogP contribution is 2.41. The fraction of sp³-hybridized carbons (Fsp3) is 0.360. The van der Waals surface area contributed by atoms with Gasteiger partial charge in [0.1, 0.15) is 16.3 Å². The van der Waals surface area contributed by atoms with Gasteiger partial charge in [0.25, 0.3) is 0 Å². The zero-order valence-corrected chi connectivity index (χ0v) is 19.5. The molecule has 0 bridgehead atoms. The van der Waals surface area contributed by atoms with Crippen LogP contribution in [0.3, 0.4) is 0 Å². The zero-order chi connectivity index (χ0) is 22.9. The Labute approximate surface area is 201 Å². The average Bonchev–Trinajstić information content (AvgIpc) is 3.56. The van der Waals surface area contributed by atoms with Crippen LogP contribution in [0.25, 0.3) is 20.8 Å². The first kappa shape index (κ1) is 21.4. The van der Waals surface area contributed by atoms with E-state index in [0.29, 0.717) is 17.7 Å². The van der Waals surface area contributed by atoms with E-state index in [9.17, 15) is 4.39 Å². The van der Waals surface area contributed by atoms with E-state index < -0.39 is 5.82 Å². The molecule has 1 aliphatic carbocycles. The van der Waals surface area contributed by atoms with Gasteiger partial charge >= 0.3 is 0 Å². The van der Waals surface area contributed by atoms with Crippen LogP contribution >= 0.6 is 11.3 Å². The molecule has 6 rings (SSSR count). The van der Waals surface area contributed by atoms with E-state index >= 15 is 0 Å². The number of rotatable bonds is 5. The summed E-state index contributed by atoms with van der Waals surface area (Å²) in [4.78, 5) is 21.6. The van der Waals surface area contributed by atoms with Crippen molar-refractivity contribution in [3.8, 4) is 10.6 Å². The molecule has 2 fully saturated rings. The molecule has 1 saturated carbocycles. The van der Waals surface area contributed by atoms with Crippen LogP contribution in [0, 0.1) is 5.82 Å². The van der Waals surface area contributed by atoms with Gasteiger partial charge in [-0.25, -0.2) is 24.3 Å². The molecule has 5 heterocycles. The maximum absolute atomic E-state index is 14.8. The molecule has 0 unspecified atom stereocenters. The number of anilines is 3. The second-order valence-corrected chi connectivity index (χ2v) is 9.76. The average molecular weight is 477 g/mol. The highest BCUT2D eigenvalue weighted by Gasteiger charge is 2.22. The van der Waals surface area contributed by atoms with E-state index in [1.54, 1.807) is 0 Å². The molecule has 4 aromatic rings. The molecular weight excluding hydrogens is 451 g/mol. The Hall–Kier alpha value is -3.17. The summed E-state index contributed by atoms with van der Waals surface area (Å²) >= 11 is 1.47. The van der Waals surface area contributed by atoms with Crippen LogP contribution in [0.15, 0.2) is 42.9 Å². The smallest absolute Gasteiger partial charge is 0.229 e. The van der Waals surface area contributed by atoms with E-state index in [2.05, 4.69) is 36.2 Å². The maximum Gasteiger partial charge on any atom is 0.229 e. The molecule has 1 N–H and O–H groups in total. The molecule has 0 aromatic carbocycles. The van der Waals surface area contributed by atoms with Crippen molar-refractivity contribution in [2.45, 2.75) is 31.6 Å². The minimum atomic E-state index is -0.449. The van der Waals surface area contributed by atoms with E-state index in [1.807, 2.05) is 30.6 Å². The van der Waals surface area contributed by atoms with Crippen LogP contribution in [0.2, 0.25) is 0 Å². The Balaban J connectivity index is 1.26. The van der Waals surface area contributed by atoms with Crippen molar-refractivity contribution in [3.63, 3.8) is 0 Å². The first-order valence-corrected chi connectivity index (χ1v) is 12.5. The van der Waals surface area contributed by atoms with Crippen molar-refractivity contribution >= 4 is 39.0 Å². The molecule has 4 aromatic heterocycles. The van der Waals surface area contributed by atoms with Crippen LogP contribution in [0.4, 0.5) is 21.8 Å². The Bertz CT molecular complexity index is 1300. The number of nitrogens with one attached hydrogen (secondary N) is 1. The molecule has 174 valence electrons. The van der Waals surface area contributed by atoms with Crippen LogP contribution in [-0.4, -0.2) is 46.2 Å². The predicted molar refractivity (Wildman–Crippen MR) is 132 cm³/mol. The number of hydrogen-bond acceptors (Lipinski definition) is 8. The molecule has 1 saturated heterocycles. The van der Waals surface area contributed by atoms with Crippen LogP contribution in [-0.2, 0) is 4.74 Å². The zero-order valence-electron chi connectivity index (χ0n) is 18.7. The number of ether oxygens (including phenoxy) is 1. The van der Waals surface area contributed by atoms with Gasteiger partial charge in [-0.2, -0.15) is 0 Å². The molecule has 0 atom stereocenters. The van der Waals surface area contributed by atoms with Gasteiger partial charge in [0, 0.05) is 24.7 Å². The lowest BCUT2D eigenvalue weighted by Crippen LogP contribution is -2.36. The first-order valence-electron chi connectivity index (χ1n) is 11.7. The second kappa shape index (κ2) is 9.23. The topological polar surface area (TPSA) is 76.1 Å². The summed E-state index contributed by atoms with van der Waals surface area (Å²) in [5.74, 6) is 1.03. The number of hydrogen-bond donors (Lipinski definition) is 1. The van der Waals surface area contributed by atoms with Gasteiger partial charge < -0.3 is 15.0 Å². The summed E-state index contributed by atoms with van der Waals surface area (Å²) in [6.45, 7) is 3.15. The highest BCUT2D eigenvalue weighted by molar-refractivity contribution is 7.21. The number of morpholine rings is 1. The highest BCUT2D eigenvalue weighted by atomic mass is 32.1. The molecule has 7 nitrogen and oxygen atoms in total. The van der Waals surface area contributed by atoms with E-state index in [4.69, 9.17) is 4.74 Å². The second-order valence-electron chi connectivity index (χ2n) is 8.73. The lowest BCUT2D eigenvalue weighted by atomic mass is 9.96. The Morgan fingerprint density at radius 3 is 2.68 bits per heavy atom. The molecule has 0 amide bonds. The molecule has 0 radical (unpaired) electrons. The molecule has 9 heteroatoms. The minimum Gasteiger partial charge on any atom is -0.378 e. The molecule has 0 spiro atoms. The van der Waals surface area contributed by atoms with Gasteiger partial charge in [0.05, 0.1) is 36.2 Å². The van der Waals surface area contributed by atoms with Gasteiger partial charge in [0.2, 0.25) is 5.95 Å². The fourth-order valence-electron chi connectivity index (χ4n) is 4.85. The summed E-state index contributed by atoms with van der Waals surface area (Å²) in [6, 6.07) is 8.04. The Morgan fingerprint density at radius 1 is 1.03 bits per heavy atom. The summed E-state index contributed by atoms with van der Waals surface area (Å²) in [7, 11) is 0. The Morgan fingerprint density at radius 2 is 1.88 bits per heavy atom. The minimum absolute atomic E-state index is 0.280. The third kappa shape index (κ3) is 4.21. The molecule has 2 aliphatic rings. The number of halogens is 1.